The third-order valence-electron chi connectivity index (χ3n) is 3.70. The second-order valence-electron chi connectivity index (χ2n) is 5.16. The van der Waals surface area contributed by atoms with E-state index in [1.807, 2.05) is 18.2 Å². The third-order valence-corrected chi connectivity index (χ3v) is 4.19. The summed E-state index contributed by atoms with van der Waals surface area (Å²) >= 11 is 3.37. The summed E-state index contributed by atoms with van der Waals surface area (Å²) in [7, 11) is 0. The van der Waals surface area contributed by atoms with Gasteiger partial charge in [-0.05, 0) is 18.2 Å². The number of benzene rings is 1. The van der Waals surface area contributed by atoms with E-state index in [1.54, 1.807) is 6.20 Å². The number of aliphatic hydroxyl groups excluding tert-OH is 4. The minimum atomic E-state index is -1.46. The van der Waals surface area contributed by atoms with Gasteiger partial charge in [0.15, 0.2) is 0 Å². The summed E-state index contributed by atoms with van der Waals surface area (Å²) in [6.07, 6.45) is -4.88. The summed E-state index contributed by atoms with van der Waals surface area (Å²) in [5, 5.41) is 39.4. The predicted molar refractivity (Wildman–Crippen MR) is 80.4 cm³/mol. The van der Waals surface area contributed by atoms with Gasteiger partial charge in [-0.3, -0.25) is 0 Å². The Morgan fingerprint density at radius 2 is 1.95 bits per heavy atom. The molecule has 1 aliphatic heterocycles. The van der Waals surface area contributed by atoms with Crippen molar-refractivity contribution in [2.24, 2.45) is 0 Å². The monoisotopic (exact) mass is 373 g/mol. The van der Waals surface area contributed by atoms with Gasteiger partial charge < -0.3 is 34.9 Å². The molecule has 1 fully saturated rings. The van der Waals surface area contributed by atoms with Crippen LogP contribution in [0, 0.1) is 0 Å². The van der Waals surface area contributed by atoms with E-state index >= 15 is 0 Å². The van der Waals surface area contributed by atoms with E-state index in [9.17, 15) is 15.3 Å². The number of hydrogen-bond donors (Lipinski definition) is 5. The lowest BCUT2D eigenvalue weighted by atomic mass is 9.99. The first-order chi connectivity index (χ1) is 10.5. The first kappa shape index (κ1) is 15.7. The van der Waals surface area contributed by atoms with Crippen LogP contribution in [0.4, 0.5) is 0 Å². The van der Waals surface area contributed by atoms with Crippen molar-refractivity contribution in [3.8, 4) is 5.75 Å². The van der Waals surface area contributed by atoms with Crippen molar-refractivity contribution < 1.29 is 29.9 Å². The number of aromatic nitrogens is 1. The molecule has 8 heteroatoms. The molecule has 7 nitrogen and oxygen atoms in total. The molecule has 0 bridgehead atoms. The molecule has 5 atom stereocenters. The minimum Gasteiger partial charge on any atom is -0.460 e. The normalized spacial score (nSPS) is 32.3. The fourth-order valence-corrected chi connectivity index (χ4v) is 2.82. The summed E-state index contributed by atoms with van der Waals surface area (Å²) < 4.78 is 11.8. The average Bonchev–Trinajstić information content (AvgIpc) is 2.90. The number of ether oxygens (including phenoxy) is 2. The molecule has 5 N–H and O–H groups in total. The molecule has 2 heterocycles. The third kappa shape index (κ3) is 2.73. The number of rotatable bonds is 3. The Bertz CT molecular complexity index is 660. The van der Waals surface area contributed by atoms with Crippen molar-refractivity contribution in [3.05, 3.63) is 28.9 Å². The Balaban J connectivity index is 1.84. The van der Waals surface area contributed by atoms with Gasteiger partial charge in [-0.1, -0.05) is 15.9 Å². The van der Waals surface area contributed by atoms with Crippen LogP contribution in [-0.2, 0) is 4.74 Å². The summed E-state index contributed by atoms with van der Waals surface area (Å²) in [5.74, 6) is 0.437. The van der Waals surface area contributed by atoms with E-state index in [0.717, 1.165) is 15.4 Å². The fraction of sp³-hybridized carbons (Fsp3) is 0.429. The number of nitrogens with one attached hydrogen (secondary N) is 1. The van der Waals surface area contributed by atoms with E-state index in [0.29, 0.717) is 5.75 Å². The first-order valence-corrected chi connectivity index (χ1v) is 7.54. The Hall–Kier alpha value is -1.16. The highest BCUT2D eigenvalue weighted by molar-refractivity contribution is 9.10. The molecule has 2 aromatic rings. The van der Waals surface area contributed by atoms with Crippen LogP contribution >= 0.6 is 15.9 Å². The zero-order chi connectivity index (χ0) is 15.9. The highest BCUT2D eigenvalue weighted by Crippen LogP contribution is 2.31. The molecule has 0 saturated carbocycles. The van der Waals surface area contributed by atoms with E-state index < -0.39 is 37.3 Å². The molecule has 1 saturated heterocycles. The van der Waals surface area contributed by atoms with E-state index in [2.05, 4.69) is 20.9 Å². The highest BCUT2D eigenvalue weighted by Gasteiger charge is 2.44. The van der Waals surface area contributed by atoms with Crippen LogP contribution in [0.15, 0.2) is 28.9 Å². The van der Waals surface area contributed by atoms with E-state index in [4.69, 9.17) is 14.6 Å². The van der Waals surface area contributed by atoms with Gasteiger partial charge in [-0.15, -0.1) is 0 Å². The van der Waals surface area contributed by atoms with Crippen LogP contribution < -0.4 is 4.74 Å². The Labute approximate surface area is 134 Å². The quantitative estimate of drug-likeness (QED) is 0.521. The van der Waals surface area contributed by atoms with Crippen molar-refractivity contribution in [2.45, 2.75) is 30.7 Å². The average molecular weight is 374 g/mol. The molecule has 0 spiro atoms. The van der Waals surface area contributed by atoms with Crippen LogP contribution in [0.3, 0.4) is 0 Å². The van der Waals surface area contributed by atoms with Gasteiger partial charge in [0.05, 0.1) is 12.1 Å². The molecule has 3 rings (SSSR count). The Kier molecular flexibility index (Phi) is 4.40. The van der Waals surface area contributed by atoms with Gasteiger partial charge in [0.1, 0.15) is 30.2 Å². The second-order valence-corrected chi connectivity index (χ2v) is 6.07. The molecular weight excluding hydrogens is 358 g/mol. The number of fused-ring (bicyclic) bond motifs is 1. The minimum absolute atomic E-state index is 0.437. The number of hydrogen-bond acceptors (Lipinski definition) is 6. The van der Waals surface area contributed by atoms with Gasteiger partial charge in [0, 0.05) is 16.1 Å². The number of aromatic amines is 1. The molecule has 1 unspecified atom stereocenters. The number of halogens is 1. The molecule has 0 amide bonds. The highest BCUT2D eigenvalue weighted by atomic mass is 79.9. The second kappa shape index (κ2) is 6.15. The van der Waals surface area contributed by atoms with Crippen molar-refractivity contribution in [1.82, 2.24) is 4.98 Å². The summed E-state index contributed by atoms with van der Waals surface area (Å²) in [5.41, 5.74) is 0.828. The van der Waals surface area contributed by atoms with Gasteiger partial charge in [0.25, 0.3) is 0 Å². The van der Waals surface area contributed by atoms with Gasteiger partial charge in [-0.2, -0.15) is 0 Å². The lowest BCUT2D eigenvalue weighted by molar-refractivity contribution is -0.277. The topological polar surface area (TPSA) is 115 Å². The SMILES string of the molecule is OC[C@H]1OC(Oc2c[nH]c3cc(Br)ccc23)[C@H](O)[C@@H](O)[C@@H]1O. The van der Waals surface area contributed by atoms with Crippen LogP contribution in [-0.4, -0.2) is 62.7 Å². The molecule has 1 aromatic carbocycles. The van der Waals surface area contributed by atoms with Gasteiger partial charge in [-0.25, -0.2) is 0 Å². The summed E-state index contributed by atoms with van der Waals surface area (Å²) in [6.45, 7) is -0.494. The largest absolute Gasteiger partial charge is 0.460 e. The molecule has 1 aliphatic rings. The van der Waals surface area contributed by atoms with Gasteiger partial charge >= 0.3 is 0 Å². The number of H-pyrrole nitrogens is 1. The van der Waals surface area contributed by atoms with Crippen molar-refractivity contribution >= 4 is 26.8 Å². The van der Waals surface area contributed by atoms with Crippen LogP contribution in [0.5, 0.6) is 5.75 Å². The molecule has 1 aromatic heterocycles. The molecule has 120 valence electrons. The zero-order valence-corrected chi connectivity index (χ0v) is 13.0. The van der Waals surface area contributed by atoms with Crippen LogP contribution in [0.25, 0.3) is 10.9 Å². The molecule has 0 radical (unpaired) electrons. The van der Waals surface area contributed by atoms with Crippen molar-refractivity contribution in [2.75, 3.05) is 6.61 Å². The van der Waals surface area contributed by atoms with Crippen LogP contribution in [0.2, 0.25) is 0 Å². The fourth-order valence-electron chi connectivity index (χ4n) is 2.46. The summed E-state index contributed by atoms with van der Waals surface area (Å²) in [4.78, 5) is 3.03. The Morgan fingerprint density at radius 3 is 2.68 bits per heavy atom. The zero-order valence-electron chi connectivity index (χ0n) is 11.4. The molecule has 0 aliphatic carbocycles. The predicted octanol–water partition coefficient (Wildman–Crippen LogP) is 0.109. The Morgan fingerprint density at radius 1 is 1.18 bits per heavy atom. The maximum absolute atomic E-state index is 9.98. The standard InChI is InChI=1S/C14H16BrNO6/c15-6-1-2-7-8(3-6)16-4-9(7)21-14-13(20)12(19)11(18)10(5-17)22-14/h1-4,10-14,16-20H,5H2/t10-,11-,12+,13-,14?/m1/s1. The molecular formula is C14H16BrNO6. The summed E-state index contributed by atoms with van der Waals surface area (Å²) in [6, 6.07) is 5.54. The first-order valence-electron chi connectivity index (χ1n) is 6.75. The van der Waals surface area contributed by atoms with Crippen LogP contribution in [0.1, 0.15) is 0 Å². The van der Waals surface area contributed by atoms with Crippen molar-refractivity contribution in [3.63, 3.8) is 0 Å². The lowest BCUT2D eigenvalue weighted by Crippen LogP contribution is -2.60. The smallest absolute Gasteiger partial charge is 0.229 e. The maximum Gasteiger partial charge on any atom is 0.229 e. The van der Waals surface area contributed by atoms with Gasteiger partial charge in [0.2, 0.25) is 6.29 Å². The van der Waals surface area contributed by atoms with E-state index in [-0.39, 0.29) is 0 Å². The maximum atomic E-state index is 9.98. The lowest BCUT2D eigenvalue weighted by Gasteiger charge is -2.39. The number of aliphatic hydroxyl groups is 4. The molecule has 22 heavy (non-hydrogen) atoms. The van der Waals surface area contributed by atoms with E-state index in [1.165, 1.54) is 0 Å². The van der Waals surface area contributed by atoms with Crippen molar-refractivity contribution in [1.29, 1.82) is 0 Å².